The molecule has 0 aliphatic rings. The molecule has 6 aromatic heterocycles. The van der Waals surface area contributed by atoms with Gasteiger partial charge in [0.2, 0.25) is 0 Å². The predicted octanol–water partition coefficient (Wildman–Crippen LogP) is 15.6. The molecule has 20 nitrogen and oxygen atoms in total. The van der Waals surface area contributed by atoms with Gasteiger partial charge in [-0.25, -0.2) is 16.8 Å². The van der Waals surface area contributed by atoms with E-state index in [1.54, 1.807) is 136 Å². The molecule has 0 aliphatic carbocycles. The average molecular weight is 1430 g/mol. The van der Waals surface area contributed by atoms with Crippen LogP contribution in [0.15, 0.2) is 117 Å². The monoisotopic (exact) mass is 1430 g/mol. The van der Waals surface area contributed by atoms with E-state index < -0.39 is 29.2 Å². The van der Waals surface area contributed by atoms with Crippen molar-refractivity contribution in [2.75, 3.05) is 46.1 Å². The topological polar surface area (TPSA) is 304 Å². The molecule has 0 atom stereocenters. The van der Waals surface area contributed by atoms with E-state index in [-0.39, 0.29) is 38.1 Å². The summed E-state index contributed by atoms with van der Waals surface area (Å²) >= 11 is 23.5. The number of pyridine rings is 4. The van der Waals surface area contributed by atoms with E-state index >= 15 is 0 Å². The number of aryl methyl sites for hydroxylation is 2. The third-order valence-corrected chi connectivity index (χ3v) is 21.1. The number of aromatic nitrogens is 8. The number of hydrogen-bond acceptors (Lipinski definition) is 18. The number of nitrogens with two attached hydrogens (primary N) is 1. The molecule has 0 amide bonds. The Morgan fingerprint density at radius 1 is 0.560 bits per heavy atom. The van der Waals surface area contributed by atoms with Crippen molar-refractivity contribution in [3.63, 3.8) is 0 Å². The van der Waals surface area contributed by atoms with E-state index in [9.17, 15) is 16.8 Å². The molecule has 492 valence electrons. The highest BCUT2D eigenvalue weighted by molar-refractivity contribution is 9.10. The number of nitrogen functional groups attached to an aromatic ring is 1. The van der Waals surface area contributed by atoms with E-state index in [0.29, 0.717) is 43.5 Å². The van der Waals surface area contributed by atoms with Crippen molar-refractivity contribution >= 4 is 143 Å². The van der Waals surface area contributed by atoms with Crippen LogP contribution in [0.1, 0.15) is 91.8 Å². The fraction of sp³-hybridized carbons (Fsp3) is 0.344. The van der Waals surface area contributed by atoms with Crippen molar-refractivity contribution in [1.29, 1.82) is 0 Å². The lowest BCUT2D eigenvalue weighted by molar-refractivity contribution is 0.318. The number of benzene rings is 4. The van der Waals surface area contributed by atoms with Crippen molar-refractivity contribution in [3.8, 4) is 23.0 Å². The second-order valence-corrected chi connectivity index (χ2v) is 32.2. The lowest BCUT2D eigenvalue weighted by Gasteiger charge is -2.21. The van der Waals surface area contributed by atoms with Gasteiger partial charge in [-0.3, -0.25) is 30.1 Å². The molecule has 0 radical (unpaired) electrons. The minimum Gasteiger partial charge on any atom is -0.496 e. The van der Waals surface area contributed by atoms with Gasteiger partial charge in [0.05, 0.1) is 90.1 Å². The number of nitrogens with one attached hydrogen (secondary N) is 3. The summed E-state index contributed by atoms with van der Waals surface area (Å²) in [7, 11) is -0.948. The van der Waals surface area contributed by atoms with Crippen LogP contribution in [-0.2, 0) is 19.7 Å². The lowest BCUT2D eigenvalue weighted by Crippen LogP contribution is -2.28. The van der Waals surface area contributed by atoms with Crippen LogP contribution >= 0.6 is 62.5 Å². The van der Waals surface area contributed by atoms with Crippen molar-refractivity contribution in [2.45, 2.75) is 126 Å². The Morgan fingerprint density at radius 3 is 1.29 bits per heavy atom. The minimum absolute atomic E-state index is 0. The van der Waals surface area contributed by atoms with Crippen molar-refractivity contribution in [2.24, 2.45) is 0 Å². The van der Waals surface area contributed by atoms with Gasteiger partial charge in [-0.15, -0.1) is 11.8 Å². The van der Waals surface area contributed by atoms with Gasteiger partial charge in [0.25, 0.3) is 0 Å². The van der Waals surface area contributed by atoms with E-state index in [1.165, 1.54) is 20.3 Å². The molecule has 0 saturated carbocycles. The summed E-state index contributed by atoms with van der Waals surface area (Å²) < 4.78 is 71.7. The third-order valence-electron chi connectivity index (χ3n) is 13.3. The number of thioether (sulfide) groups is 1. The largest absolute Gasteiger partial charge is 0.496 e. The van der Waals surface area contributed by atoms with Gasteiger partial charge in [-0.1, -0.05) is 55.6 Å². The summed E-state index contributed by atoms with van der Waals surface area (Å²) in [6.07, 6.45) is 6.62. The average Bonchev–Trinajstić information content (AvgIpc) is 1.18. The normalized spacial score (nSPS) is 11.5. The summed E-state index contributed by atoms with van der Waals surface area (Å²) in [5.74, 6) is 3.46. The number of halogens is 4. The first-order chi connectivity index (χ1) is 42.0. The Balaban J connectivity index is 0.000000249. The number of fused-ring (bicyclic) bond motifs is 4. The number of nitrogens with zero attached hydrogens (tertiary/aromatic N) is 6. The maximum absolute atomic E-state index is 13.1. The molecule has 10 aromatic rings. The van der Waals surface area contributed by atoms with Gasteiger partial charge in [-0.2, -0.15) is 10.2 Å². The maximum Gasteiger partial charge on any atom is 0.186 e. The van der Waals surface area contributed by atoms with E-state index in [2.05, 4.69) is 88.4 Å². The maximum atomic E-state index is 13.1. The Kier molecular flexibility index (Phi) is 27.2. The van der Waals surface area contributed by atoms with Crippen LogP contribution in [0.25, 0.3) is 43.6 Å². The smallest absolute Gasteiger partial charge is 0.186 e. The second-order valence-electron chi connectivity index (χ2n) is 22.9. The number of aliphatic hydroxyl groups is 1. The molecule has 0 fully saturated rings. The van der Waals surface area contributed by atoms with Crippen LogP contribution in [0.5, 0.6) is 23.0 Å². The first-order valence-corrected chi connectivity index (χ1v) is 33.5. The molecule has 6 heterocycles. The van der Waals surface area contributed by atoms with Crippen molar-refractivity contribution in [3.05, 3.63) is 140 Å². The van der Waals surface area contributed by atoms with Gasteiger partial charge >= 0.3 is 0 Å². The Bertz CT molecular complexity index is 4360. The van der Waals surface area contributed by atoms with Crippen LogP contribution < -0.4 is 30.0 Å². The van der Waals surface area contributed by atoms with Crippen LogP contribution in [0.3, 0.4) is 0 Å². The van der Waals surface area contributed by atoms with Crippen LogP contribution in [-0.4, -0.2) is 117 Å². The van der Waals surface area contributed by atoms with Crippen molar-refractivity contribution in [1.82, 2.24) is 40.3 Å². The Hall–Kier alpha value is -6.74. The molecule has 0 unspecified atom stereocenters. The predicted molar refractivity (Wildman–Crippen MR) is 376 cm³/mol. The number of methoxy groups -OCH3 is 4. The van der Waals surface area contributed by atoms with Crippen LogP contribution in [0.2, 0.25) is 15.1 Å². The fourth-order valence-corrected chi connectivity index (χ4v) is 12.9. The van der Waals surface area contributed by atoms with Gasteiger partial charge in [0.1, 0.15) is 38.6 Å². The second kappa shape index (κ2) is 32.2. The fourth-order valence-electron chi connectivity index (χ4n) is 7.98. The standard InChI is InChI=1S/C19H24N4O3S.C14H16ClNO3S.C14H16ClNOS.C10H7BrClNO.C5H9N3.C2H6O.H2O/c1-11-12(2)22-23-18(11)21-14-7-8-20-15-10-16(26-6)17(9-13(14)15)27(24,25)19(3,4)5;1-14(2,3)20(17,18)13-7-9-10(15)5-6-16-11(9)8-12(13)19-4;1-14(2,3)18-13-7-9-10(15)5-6-16-11(9)8-12(13)17-4;1-14-10-5-9-6(4-7(10)11)8(12)2-3-13-9;1-3-4(2)7-8-5(3)6;1-2-3;/h7-10H,1-6H3,(H2,20,21,22,23);5-8H,1-4H3;5-8H,1-4H3;2-5H,1H3;1-2H3,(H3,6,7,8);3H,2H2,1H3;1H2. The van der Waals surface area contributed by atoms with E-state index in [0.717, 1.165) is 75.9 Å². The highest BCUT2D eigenvalue weighted by Gasteiger charge is 2.35. The summed E-state index contributed by atoms with van der Waals surface area (Å²) in [5, 5.41) is 29.6. The lowest BCUT2D eigenvalue weighted by atomic mass is 10.1. The Labute approximate surface area is 560 Å². The molecule has 0 aliphatic heterocycles. The zero-order valence-corrected chi connectivity index (χ0v) is 60.5. The Morgan fingerprint density at radius 2 is 0.923 bits per heavy atom. The molecular weight excluding hydrogens is 1350 g/mol. The number of aromatic amines is 2. The zero-order chi connectivity index (χ0) is 67.4. The first kappa shape index (κ1) is 76.7. The van der Waals surface area contributed by atoms with Crippen molar-refractivity contribution < 1.29 is 46.4 Å². The van der Waals surface area contributed by atoms with Gasteiger partial charge < -0.3 is 40.6 Å². The summed E-state index contributed by atoms with van der Waals surface area (Å²) in [6.45, 7) is 26.2. The molecule has 4 aromatic carbocycles. The number of ether oxygens (including phenoxy) is 4. The molecule has 0 bridgehead atoms. The molecule has 8 N–H and O–H groups in total. The third kappa shape index (κ3) is 19.0. The van der Waals surface area contributed by atoms with Crippen LogP contribution in [0, 0.1) is 27.7 Å². The van der Waals surface area contributed by atoms with Gasteiger partial charge in [0.15, 0.2) is 25.5 Å². The van der Waals surface area contributed by atoms with Gasteiger partial charge in [-0.05, 0) is 141 Å². The highest BCUT2D eigenvalue weighted by Crippen LogP contribution is 2.42. The quantitative estimate of drug-likeness (QED) is 0.0839. The molecular formula is C64H80BrCl3N10O10S3. The zero-order valence-electron chi connectivity index (χ0n) is 54.2. The molecule has 0 saturated heterocycles. The van der Waals surface area contributed by atoms with E-state index in [1.807, 2.05) is 52.0 Å². The number of aliphatic hydroxyl groups excluding tert-OH is 1. The summed E-state index contributed by atoms with van der Waals surface area (Å²) in [6, 6.07) is 21.2. The molecule has 10 rings (SSSR count). The van der Waals surface area contributed by atoms with Gasteiger partial charge in [0, 0.05) is 104 Å². The number of rotatable bonds is 9. The van der Waals surface area contributed by atoms with E-state index in [4.69, 9.17) is 64.6 Å². The molecule has 0 spiro atoms. The molecule has 27 heteroatoms. The number of H-pyrrole nitrogens is 2. The summed E-state index contributed by atoms with van der Waals surface area (Å²) in [5.41, 5.74) is 13.1. The number of sulfone groups is 2. The molecule has 91 heavy (non-hydrogen) atoms. The first-order valence-electron chi connectivity index (χ1n) is 27.8. The number of anilines is 3. The highest BCUT2D eigenvalue weighted by atomic mass is 79.9. The summed E-state index contributed by atoms with van der Waals surface area (Å²) in [4.78, 5) is 18.4. The number of hydrogen-bond donors (Lipinski definition) is 5. The minimum atomic E-state index is -3.61. The van der Waals surface area contributed by atoms with Crippen LogP contribution in [0.4, 0.5) is 17.3 Å². The SMILES string of the molecule is CCO.COc1cc2nccc(Cl)c2cc1Br.COc1cc2nccc(Cl)c2cc1S(=O)(=O)C(C)(C)C.COc1cc2nccc(Cl)c2cc1SC(C)(C)C.COc1cc2nccc(Nc3n[nH]c(C)c3C)c2cc1S(=O)(=O)C(C)(C)C.Cc1[nH]nc(N)c1C.O.